The molecule has 0 radical (unpaired) electrons. The average Bonchev–Trinajstić information content (AvgIpc) is 2.64. The molecule has 0 bridgehead atoms. The van der Waals surface area contributed by atoms with Gasteiger partial charge in [-0.25, -0.2) is 0 Å². The number of anilines is 1. The third kappa shape index (κ3) is 4.24. The maximum Gasteiger partial charge on any atom is 0.265 e. The van der Waals surface area contributed by atoms with Crippen LogP contribution in [-0.2, 0) is 4.79 Å². The molecule has 6 heteroatoms. The van der Waals surface area contributed by atoms with Gasteiger partial charge in [-0.3, -0.25) is 9.79 Å². The fourth-order valence-electron chi connectivity index (χ4n) is 3.39. The Morgan fingerprint density at radius 1 is 1.32 bits per heavy atom. The number of carbonyl (C=O) groups excluding carboxylic acids is 1. The van der Waals surface area contributed by atoms with E-state index in [0.717, 1.165) is 49.4 Å². The van der Waals surface area contributed by atoms with Crippen LogP contribution < -0.4 is 15.0 Å². The zero-order valence-electron chi connectivity index (χ0n) is 15.2. The van der Waals surface area contributed by atoms with Crippen LogP contribution in [0.3, 0.4) is 0 Å². The summed E-state index contributed by atoms with van der Waals surface area (Å²) in [5.41, 5.74) is 0.869. The number of fused-ring (bicyclic) bond motifs is 1. The van der Waals surface area contributed by atoms with E-state index in [-0.39, 0.29) is 12.5 Å². The molecule has 0 unspecified atom stereocenters. The lowest BCUT2D eigenvalue weighted by atomic mass is 10.00. The summed E-state index contributed by atoms with van der Waals surface area (Å²) < 4.78 is 5.48. The largest absolute Gasteiger partial charge is 0.482 e. The molecule has 0 spiro atoms. The highest BCUT2D eigenvalue weighted by Crippen LogP contribution is 2.31. The van der Waals surface area contributed by atoms with Crippen LogP contribution in [0.15, 0.2) is 29.3 Å². The molecule has 0 aliphatic carbocycles. The predicted molar refractivity (Wildman–Crippen MR) is 100 cm³/mol. The number of para-hydroxylation sites is 2. The molecule has 1 N–H and O–H groups in total. The molecule has 25 heavy (non-hydrogen) atoms. The van der Waals surface area contributed by atoms with Crippen molar-refractivity contribution in [3.05, 3.63) is 24.3 Å². The van der Waals surface area contributed by atoms with Gasteiger partial charge in [0.15, 0.2) is 12.6 Å². The minimum absolute atomic E-state index is 0.0214. The van der Waals surface area contributed by atoms with E-state index in [1.165, 1.54) is 12.8 Å². The Kier molecular flexibility index (Phi) is 5.79. The lowest BCUT2D eigenvalue weighted by Gasteiger charge is -2.33. The van der Waals surface area contributed by atoms with Crippen molar-refractivity contribution in [2.75, 3.05) is 44.7 Å². The van der Waals surface area contributed by atoms with Crippen LogP contribution in [0.1, 0.15) is 26.2 Å². The number of likely N-dealkylation sites (tertiary alicyclic amines) is 1. The van der Waals surface area contributed by atoms with Crippen molar-refractivity contribution < 1.29 is 9.53 Å². The smallest absolute Gasteiger partial charge is 0.265 e. The molecule has 1 saturated heterocycles. The normalized spacial score (nSPS) is 18.8. The number of hydrogen-bond donors (Lipinski definition) is 1. The van der Waals surface area contributed by atoms with Crippen LogP contribution in [0.5, 0.6) is 5.75 Å². The van der Waals surface area contributed by atoms with Crippen molar-refractivity contribution in [3.8, 4) is 5.75 Å². The number of benzene rings is 1. The average molecular weight is 344 g/mol. The van der Waals surface area contributed by atoms with Gasteiger partial charge in [0, 0.05) is 33.2 Å². The molecule has 136 valence electrons. The van der Waals surface area contributed by atoms with Gasteiger partial charge in [-0.15, -0.1) is 0 Å². The Balaban J connectivity index is 1.49. The van der Waals surface area contributed by atoms with Crippen molar-refractivity contribution in [2.45, 2.75) is 26.2 Å². The van der Waals surface area contributed by atoms with Gasteiger partial charge in [0.2, 0.25) is 0 Å². The number of guanidine groups is 1. The molecule has 0 aromatic heterocycles. The SMILES string of the molecule is CN=C(NCCCN1C(=O)COc2ccccc21)N1CCC(C)CC1. The Labute approximate surface area is 149 Å². The maximum atomic E-state index is 12.2. The first-order chi connectivity index (χ1) is 12.2. The van der Waals surface area contributed by atoms with Crippen molar-refractivity contribution >= 4 is 17.6 Å². The number of aliphatic imine (C=N–C) groups is 1. The zero-order valence-corrected chi connectivity index (χ0v) is 15.2. The fraction of sp³-hybridized carbons (Fsp3) is 0.579. The number of piperidine rings is 1. The van der Waals surface area contributed by atoms with Gasteiger partial charge < -0.3 is 19.9 Å². The van der Waals surface area contributed by atoms with E-state index >= 15 is 0 Å². The van der Waals surface area contributed by atoms with Gasteiger partial charge in [-0.05, 0) is 37.3 Å². The highest BCUT2D eigenvalue weighted by molar-refractivity contribution is 5.97. The summed E-state index contributed by atoms with van der Waals surface area (Å²) in [7, 11) is 1.84. The summed E-state index contributed by atoms with van der Waals surface area (Å²) in [6, 6.07) is 7.71. The minimum atomic E-state index is 0.0214. The number of ether oxygens (including phenoxy) is 1. The first-order valence-corrected chi connectivity index (χ1v) is 9.17. The number of rotatable bonds is 4. The molecule has 6 nitrogen and oxygen atoms in total. The molecule has 2 heterocycles. The lowest BCUT2D eigenvalue weighted by Crippen LogP contribution is -2.46. The second kappa shape index (κ2) is 8.23. The third-order valence-electron chi connectivity index (χ3n) is 4.94. The molecule has 2 aliphatic heterocycles. The fourth-order valence-corrected chi connectivity index (χ4v) is 3.39. The second-order valence-corrected chi connectivity index (χ2v) is 6.80. The number of hydrogen-bond acceptors (Lipinski definition) is 3. The van der Waals surface area contributed by atoms with E-state index in [4.69, 9.17) is 4.74 Å². The Morgan fingerprint density at radius 2 is 2.08 bits per heavy atom. The predicted octanol–water partition coefficient (Wildman–Crippen LogP) is 2.11. The van der Waals surface area contributed by atoms with Gasteiger partial charge in [-0.1, -0.05) is 19.1 Å². The molecule has 1 aromatic carbocycles. The summed E-state index contributed by atoms with van der Waals surface area (Å²) in [6.07, 6.45) is 3.31. The topological polar surface area (TPSA) is 57.2 Å². The van der Waals surface area contributed by atoms with Gasteiger partial charge in [0.05, 0.1) is 5.69 Å². The molecule has 3 rings (SSSR count). The standard InChI is InChI=1S/C19H28N4O2/c1-15-8-12-22(13-9-15)19(20-2)21-10-5-11-23-16-6-3-4-7-17(16)25-14-18(23)24/h3-4,6-7,15H,5,8-14H2,1-2H3,(H,20,21). The van der Waals surface area contributed by atoms with Crippen LogP contribution in [-0.4, -0.2) is 56.6 Å². The van der Waals surface area contributed by atoms with Crippen LogP contribution >= 0.6 is 0 Å². The number of amides is 1. The van der Waals surface area contributed by atoms with E-state index in [0.29, 0.717) is 6.54 Å². The summed E-state index contributed by atoms with van der Waals surface area (Å²) >= 11 is 0. The zero-order chi connectivity index (χ0) is 17.6. The monoisotopic (exact) mass is 344 g/mol. The van der Waals surface area contributed by atoms with E-state index in [1.807, 2.05) is 36.2 Å². The second-order valence-electron chi connectivity index (χ2n) is 6.80. The lowest BCUT2D eigenvalue weighted by molar-refractivity contribution is -0.121. The summed E-state index contributed by atoms with van der Waals surface area (Å²) in [4.78, 5) is 20.7. The first kappa shape index (κ1) is 17.6. The molecule has 1 amide bonds. The third-order valence-corrected chi connectivity index (χ3v) is 4.94. The van der Waals surface area contributed by atoms with Gasteiger partial charge in [0.25, 0.3) is 5.91 Å². The molecular formula is C19H28N4O2. The van der Waals surface area contributed by atoms with E-state index in [2.05, 4.69) is 22.1 Å². The van der Waals surface area contributed by atoms with Crippen LogP contribution in [0.4, 0.5) is 5.69 Å². The molecule has 1 fully saturated rings. The van der Waals surface area contributed by atoms with Crippen LogP contribution in [0, 0.1) is 5.92 Å². The van der Waals surface area contributed by atoms with Crippen molar-refractivity contribution in [1.82, 2.24) is 10.2 Å². The Morgan fingerprint density at radius 3 is 2.84 bits per heavy atom. The van der Waals surface area contributed by atoms with Gasteiger partial charge in [0.1, 0.15) is 5.75 Å². The Bertz CT molecular complexity index is 624. The van der Waals surface area contributed by atoms with Crippen molar-refractivity contribution in [1.29, 1.82) is 0 Å². The maximum absolute atomic E-state index is 12.2. The van der Waals surface area contributed by atoms with E-state index in [1.54, 1.807) is 0 Å². The van der Waals surface area contributed by atoms with E-state index in [9.17, 15) is 4.79 Å². The van der Waals surface area contributed by atoms with E-state index < -0.39 is 0 Å². The molecule has 0 saturated carbocycles. The van der Waals surface area contributed by atoms with Gasteiger partial charge in [-0.2, -0.15) is 0 Å². The molecule has 0 atom stereocenters. The highest BCUT2D eigenvalue weighted by Gasteiger charge is 2.24. The van der Waals surface area contributed by atoms with Crippen LogP contribution in [0.2, 0.25) is 0 Å². The minimum Gasteiger partial charge on any atom is -0.482 e. The van der Waals surface area contributed by atoms with Gasteiger partial charge >= 0.3 is 0 Å². The summed E-state index contributed by atoms with van der Waals surface area (Å²) in [5.74, 6) is 2.59. The van der Waals surface area contributed by atoms with Crippen molar-refractivity contribution in [3.63, 3.8) is 0 Å². The van der Waals surface area contributed by atoms with Crippen LogP contribution in [0.25, 0.3) is 0 Å². The number of nitrogens with one attached hydrogen (secondary N) is 1. The van der Waals surface area contributed by atoms with Crippen molar-refractivity contribution in [2.24, 2.45) is 10.9 Å². The quantitative estimate of drug-likeness (QED) is 0.516. The number of carbonyl (C=O) groups is 1. The number of nitrogens with zero attached hydrogens (tertiary/aromatic N) is 3. The summed E-state index contributed by atoms with van der Waals surface area (Å²) in [5, 5.41) is 3.44. The highest BCUT2D eigenvalue weighted by atomic mass is 16.5. The first-order valence-electron chi connectivity index (χ1n) is 9.17. The summed E-state index contributed by atoms with van der Waals surface area (Å²) in [6.45, 7) is 6.04. The Hall–Kier alpha value is -2.24. The molecular weight excluding hydrogens is 316 g/mol. The molecule has 2 aliphatic rings. The molecule has 1 aromatic rings.